The van der Waals surface area contributed by atoms with E-state index in [2.05, 4.69) is 0 Å². The lowest BCUT2D eigenvalue weighted by Crippen LogP contribution is -2.24. The van der Waals surface area contributed by atoms with E-state index < -0.39 is 17.9 Å². The van der Waals surface area contributed by atoms with E-state index in [4.69, 9.17) is 4.74 Å². The minimum atomic E-state index is -1.58. The van der Waals surface area contributed by atoms with Gasteiger partial charge in [0.2, 0.25) is 0 Å². The Morgan fingerprint density at radius 1 is 1.20 bits per heavy atom. The second kappa shape index (κ2) is 8.38. The van der Waals surface area contributed by atoms with Gasteiger partial charge in [0, 0.05) is 0 Å². The van der Waals surface area contributed by atoms with Gasteiger partial charge in [0.25, 0.3) is 0 Å². The van der Waals surface area contributed by atoms with Crippen LogP contribution in [0.1, 0.15) is 46.0 Å². The van der Waals surface area contributed by atoms with Crippen molar-refractivity contribution in [2.75, 3.05) is 6.61 Å². The molecule has 0 radical (unpaired) electrons. The van der Waals surface area contributed by atoms with Gasteiger partial charge in [-0.3, -0.25) is 9.59 Å². The normalized spacial score (nSPS) is 12.2. The van der Waals surface area contributed by atoms with Gasteiger partial charge in [-0.2, -0.15) is 4.39 Å². The Kier molecular flexibility index (Phi) is 7.86. The molecule has 0 spiro atoms. The molecule has 0 bridgehead atoms. The van der Waals surface area contributed by atoms with Crippen LogP contribution in [0.5, 0.6) is 0 Å². The summed E-state index contributed by atoms with van der Waals surface area (Å²) >= 11 is 0. The van der Waals surface area contributed by atoms with Crippen LogP contribution in [0.2, 0.25) is 0 Å². The zero-order chi connectivity index (χ0) is 11.7. The highest BCUT2D eigenvalue weighted by Crippen LogP contribution is 2.13. The highest BCUT2D eigenvalue weighted by atomic mass is 19.1. The fraction of sp³-hybridized carbons (Fsp3) is 0.818. The quantitative estimate of drug-likeness (QED) is 0.272. The fourth-order valence-electron chi connectivity index (χ4n) is 1.15. The van der Waals surface area contributed by atoms with Gasteiger partial charge in [0.15, 0.2) is 0 Å². The number of carbonyl (C=O) groups is 2. The van der Waals surface area contributed by atoms with E-state index >= 15 is 0 Å². The Balaban J connectivity index is 3.99. The predicted molar refractivity (Wildman–Crippen MR) is 55.0 cm³/mol. The third-order valence-electron chi connectivity index (χ3n) is 2.15. The lowest BCUT2D eigenvalue weighted by Gasteiger charge is -2.10. The molecule has 0 saturated carbocycles. The third-order valence-corrected chi connectivity index (χ3v) is 2.15. The van der Waals surface area contributed by atoms with Crippen molar-refractivity contribution in [2.24, 2.45) is 5.92 Å². The van der Waals surface area contributed by atoms with Crippen LogP contribution in [0.4, 0.5) is 4.39 Å². The van der Waals surface area contributed by atoms with Gasteiger partial charge in [-0.25, -0.2) is 0 Å². The average molecular weight is 218 g/mol. The van der Waals surface area contributed by atoms with Crippen molar-refractivity contribution in [1.29, 1.82) is 0 Å². The summed E-state index contributed by atoms with van der Waals surface area (Å²) in [6.45, 7) is 4.15. The summed E-state index contributed by atoms with van der Waals surface area (Å²) in [5.74, 6) is -1.92. The number of rotatable bonds is 8. The molecule has 0 aliphatic rings. The van der Waals surface area contributed by atoms with E-state index in [9.17, 15) is 14.0 Å². The van der Waals surface area contributed by atoms with Gasteiger partial charge >= 0.3 is 12.0 Å². The van der Waals surface area contributed by atoms with E-state index in [-0.39, 0.29) is 13.0 Å². The Labute approximate surface area is 90.0 Å². The Bertz CT molecular complexity index is 204. The maximum absolute atomic E-state index is 12.5. The molecule has 88 valence electrons. The smallest absolute Gasteiger partial charge is 0.319 e. The Morgan fingerprint density at radius 3 is 2.27 bits per heavy atom. The van der Waals surface area contributed by atoms with Crippen LogP contribution in [-0.2, 0) is 14.3 Å². The zero-order valence-electron chi connectivity index (χ0n) is 9.42. The second-order valence-electron chi connectivity index (χ2n) is 3.52. The largest absolute Gasteiger partial charge is 0.465 e. The standard InChI is InChI=1S/C11H19FO3/c1-3-5-7-9(10(12)13)11(14)15-8-6-4-2/h9H,3-8H2,1-2H3. The number of hydrogen-bond donors (Lipinski definition) is 0. The zero-order valence-corrected chi connectivity index (χ0v) is 9.42. The number of carbonyl (C=O) groups excluding carboxylic acids is 2. The summed E-state index contributed by atoms with van der Waals surface area (Å²) in [6.07, 6.45) is 3.37. The lowest BCUT2D eigenvalue weighted by atomic mass is 10.0. The van der Waals surface area contributed by atoms with Crippen LogP contribution in [0.3, 0.4) is 0 Å². The van der Waals surface area contributed by atoms with Gasteiger partial charge in [-0.1, -0.05) is 33.1 Å². The SMILES string of the molecule is CCCCOC(=O)C(CCCC)C(=O)F. The van der Waals surface area contributed by atoms with E-state index in [0.717, 1.165) is 19.3 Å². The van der Waals surface area contributed by atoms with Crippen LogP contribution in [0.25, 0.3) is 0 Å². The molecule has 0 aromatic heterocycles. The van der Waals surface area contributed by atoms with Crippen molar-refractivity contribution >= 4 is 12.0 Å². The molecule has 0 aromatic rings. The fourth-order valence-corrected chi connectivity index (χ4v) is 1.15. The van der Waals surface area contributed by atoms with E-state index in [1.165, 1.54) is 0 Å². The van der Waals surface area contributed by atoms with Crippen molar-refractivity contribution in [1.82, 2.24) is 0 Å². The molecule has 0 saturated heterocycles. The summed E-state index contributed by atoms with van der Waals surface area (Å²) in [6, 6.07) is -1.58. The first kappa shape index (κ1) is 14.1. The molecule has 0 aromatic carbocycles. The Morgan fingerprint density at radius 2 is 1.80 bits per heavy atom. The molecule has 3 nitrogen and oxygen atoms in total. The van der Waals surface area contributed by atoms with Gasteiger partial charge in [0.05, 0.1) is 6.61 Å². The number of unbranched alkanes of at least 4 members (excludes halogenated alkanes) is 2. The summed E-state index contributed by atoms with van der Waals surface area (Å²) in [4.78, 5) is 21.8. The van der Waals surface area contributed by atoms with Crippen molar-refractivity contribution in [2.45, 2.75) is 46.0 Å². The molecule has 0 aliphatic carbocycles. The van der Waals surface area contributed by atoms with Gasteiger partial charge in [-0.05, 0) is 12.8 Å². The highest BCUT2D eigenvalue weighted by molar-refractivity contribution is 5.94. The molecular formula is C11H19FO3. The molecule has 1 atom stereocenters. The first-order valence-electron chi connectivity index (χ1n) is 5.49. The van der Waals surface area contributed by atoms with E-state index in [0.29, 0.717) is 6.42 Å². The minimum Gasteiger partial charge on any atom is -0.465 e. The maximum atomic E-state index is 12.5. The van der Waals surface area contributed by atoms with Crippen molar-refractivity contribution in [3.8, 4) is 0 Å². The molecule has 0 rings (SSSR count). The lowest BCUT2D eigenvalue weighted by molar-refractivity contribution is -0.155. The van der Waals surface area contributed by atoms with Gasteiger partial charge in [0.1, 0.15) is 5.92 Å². The van der Waals surface area contributed by atoms with Crippen LogP contribution in [0.15, 0.2) is 0 Å². The summed E-state index contributed by atoms with van der Waals surface area (Å²) in [5.41, 5.74) is 0. The monoisotopic (exact) mass is 218 g/mol. The molecule has 0 fully saturated rings. The molecule has 1 unspecified atom stereocenters. The first-order chi connectivity index (χ1) is 7.13. The molecule has 0 aliphatic heterocycles. The van der Waals surface area contributed by atoms with Crippen LogP contribution in [0, 0.1) is 5.92 Å². The molecule has 0 N–H and O–H groups in total. The minimum absolute atomic E-state index is 0.247. The van der Waals surface area contributed by atoms with Gasteiger partial charge in [-0.15, -0.1) is 0 Å². The van der Waals surface area contributed by atoms with Crippen molar-refractivity contribution in [3.05, 3.63) is 0 Å². The molecule has 0 amide bonds. The number of hydrogen-bond acceptors (Lipinski definition) is 3. The topological polar surface area (TPSA) is 43.4 Å². The van der Waals surface area contributed by atoms with Crippen molar-refractivity contribution in [3.63, 3.8) is 0 Å². The predicted octanol–water partition coefficient (Wildman–Crippen LogP) is 2.63. The summed E-state index contributed by atoms with van der Waals surface area (Å²) in [7, 11) is 0. The van der Waals surface area contributed by atoms with Crippen LogP contribution < -0.4 is 0 Å². The summed E-state index contributed by atoms with van der Waals surface area (Å²) < 4.78 is 17.3. The van der Waals surface area contributed by atoms with E-state index in [1.807, 2.05) is 13.8 Å². The highest BCUT2D eigenvalue weighted by Gasteiger charge is 2.27. The first-order valence-corrected chi connectivity index (χ1v) is 5.49. The van der Waals surface area contributed by atoms with E-state index in [1.54, 1.807) is 0 Å². The average Bonchev–Trinajstić information content (AvgIpc) is 2.18. The molecule has 15 heavy (non-hydrogen) atoms. The van der Waals surface area contributed by atoms with Crippen molar-refractivity contribution < 1.29 is 18.7 Å². The number of halogens is 1. The Hall–Kier alpha value is -0.930. The third kappa shape index (κ3) is 6.20. The maximum Gasteiger partial charge on any atom is 0.319 e. The number of ether oxygens (including phenoxy) is 1. The van der Waals surface area contributed by atoms with Crippen LogP contribution >= 0.6 is 0 Å². The molecule has 0 heterocycles. The van der Waals surface area contributed by atoms with Gasteiger partial charge < -0.3 is 4.74 Å². The summed E-state index contributed by atoms with van der Waals surface area (Å²) in [5, 5.41) is 0. The molecule has 4 heteroatoms. The second-order valence-corrected chi connectivity index (χ2v) is 3.52. The molecular weight excluding hydrogens is 199 g/mol. The van der Waals surface area contributed by atoms with Crippen LogP contribution in [-0.4, -0.2) is 18.6 Å². The number of esters is 1.